The van der Waals surface area contributed by atoms with Gasteiger partial charge in [0.25, 0.3) is 0 Å². The molecule has 0 amide bonds. The second kappa shape index (κ2) is 11.8. The van der Waals surface area contributed by atoms with Crippen molar-refractivity contribution < 1.29 is 8.81 Å². The summed E-state index contributed by atoms with van der Waals surface area (Å²) in [6.07, 6.45) is 0. The largest absolute Gasteiger partial charge is 0.456 e. The molecule has 4 heterocycles. The number of rotatable bonds is 5. The van der Waals surface area contributed by atoms with Crippen LogP contribution >= 0.6 is 11.3 Å². The smallest absolute Gasteiger partial charge is 0.167 e. The van der Waals surface area contributed by atoms with E-state index in [4.69, 9.17) is 29.3 Å². The fourth-order valence-corrected chi connectivity index (χ4v) is 7.80. The average molecular weight is 678 g/mol. The number of halogens is 1. The molecule has 0 aliphatic carbocycles. The Kier molecular flexibility index (Phi) is 6.75. The van der Waals surface area contributed by atoms with Crippen molar-refractivity contribution in [2.45, 2.75) is 0 Å². The number of thiophene rings is 1. The minimum absolute atomic E-state index is 0.202. The van der Waals surface area contributed by atoms with Gasteiger partial charge >= 0.3 is 0 Å². The predicted molar refractivity (Wildman–Crippen MR) is 203 cm³/mol. The molecule has 51 heavy (non-hydrogen) atoms. The summed E-state index contributed by atoms with van der Waals surface area (Å²) in [6.45, 7) is 0. The second-order valence-corrected chi connectivity index (χ2v) is 13.2. The van der Waals surface area contributed by atoms with Crippen molar-refractivity contribution in [2.75, 3.05) is 0 Å². The van der Waals surface area contributed by atoms with E-state index in [0.717, 1.165) is 59.0 Å². The molecule has 0 N–H and O–H groups in total. The lowest BCUT2D eigenvalue weighted by molar-refractivity contribution is 0.630. The quantitative estimate of drug-likeness (QED) is 0.180. The summed E-state index contributed by atoms with van der Waals surface area (Å²) < 4.78 is 24.4. The Morgan fingerprint density at radius 2 is 1.12 bits per heavy atom. The molecule has 0 unspecified atom stereocenters. The van der Waals surface area contributed by atoms with E-state index in [0.29, 0.717) is 28.6 Å². The van der Waals surface area contributed by atoms with Crippen molar-refractivity contribution in [3.63, 3.8) is 0 Å². The highest BCUT2D eigenvalue weighted by molar-refractivity contribution is 7.26. The van der Waals surface area contributed by atoms with E-state index in [2.05, 4.69) is 12.1 Å². The maximum Gasteiger partial charge on any atom is 0.167 e. The summed E-state index contributed by atoms with van der Waals surface area (Å²) in [5, 5.41) is 2.88. The normalized spacial score (nSPS) is 11.6. The van der Waals surface area contributed by atoms with E-state index in [-0.39, 0.29) is 11.4 Å². The zero-order chi connectivity index (χ0) is 33.9. The number of aromatic nitrogens is 5. The lowest BCUT2D eigenvalue weighted by Gasteiger charge is -2.11. The van der Waals surface area contributed by atoms with Crippen molar-refractivity contribution in [3.05, 3.63) is 151 Å². The summed E-state index contributed by atoms with van der Waals surface area (Å²) in [5.74, 6) is 1.06. The number of furan rings is 1. The van der Waals surface area contributed by atoms with Crippen LogP contribution in [-0.4, -0.2) is 24.9 Å². The molecule has 10 rings (SSSR count). The summed E-state index contributed by atoms with van der Waals surface area (Å²) >= 11 is 1.67. The third kappa shape index (κ3) is 4.95. The molecule has 0 saturated carbocycles. The van der Waals surface area contributed by atoms with Crippen LogP contribution < -0.4 is 0 Å². The maximum absolute atomic E-state index is 16.1. The lowest BCUT2D eigenvalue weighted by Crippen LogP contribution is -2.02. The number of hydrogen-bond donors (Lipinski definition) is 0. The van der Waals surface area contributed by atoms with Gasteiger partial charge in [0.2, 0.25) is 0 Å². The number of para-hydroxylation sites is 1. The Morgan fingerprint density at radius 3 is 1.94 bits per heavy atom. The molecule has 6 nitrogen and oxygen atoms in total. The van der Waals surface area contributed by atoms with Gasteiger partial charge in [-0.1, -0.05) is 109 Å². The summed E-state index contributed by atoms with van der Waals surface area (Å²) in [5.41, 5.74) is 6.57. The fraction of sp³-hybridized carbons (Fsp3) is 0. The average Bonchev–Trinajstić information content (AvgIpc) is 3.77. The second-order valence-electron chi connectivity index (χ2n) is 12.2. The van der Waals surface area contributed by atoms with Crippen LogP contribution in [0.15, 0.2) is 150 Å². The molecule has 0 aliphatic rings. The first-order valence-electron chi connectivity index (χ1n) is 16.4. The zero-order valence-corrected chi connectivity index (χ0v) is 27.6. The lowest BCUT2D eigenvalue weighted by atomic mass is 10.0. The molecule has 10 aromatic rings. The minimum atomic E-state index is -0.466. The highest BCUT2D eigenvalue weighted by atomic mass is 32.1. The van der Waals surface area contributed by atoms with E-state index < -0.39 is 5.82 Å². The van der Waals surface area contributed by atoms with Gasteiger partial charge in [-0.25, -0.2) is 29.3 Å². The molecular formula is C43H24FN5OS. The van der Waals surface area contributed by atoms with Crippen molar-refractivity contribution >= 4 is 53.6 Å². The number of hydrogen-bond acceptors (Lipinski definition) is 7. The summed E-state index contributed by atoms with van der Waals surface area (Å²) in [7, 11) is 0. The molecule has 6 aromatic carbocycles. The minimum Gasteiger partial charge on any atom is -0.456 e. The Hall–Kier alpha value is -6.64. The Balaban J connectivity index is 1.20. The molecule has 0 bridgehead atoms. The van der Waals surface area contributed by atoms with E-state index in [1.54, 1.807) is 23.5 Å². The van der Waals surface area contributed by atoms with Gasteiger partial charge in [0.05, 0.1) is 21.5 Å². The van der Waals surface area contributed by atoms with Crippen LogP contribution in [-0.2, 0) is 0 Å². The predicted octanol–water partition coefficient (Wildman–Crippen LogP) is 11.4. The Labute approximate surface area is 294 Å². The van der Waals surface area contributed by atoms with Gasteiger partial charge in [-0.3, -0.25) is 0 Å². The molecule has 0 fully saturated rings. The van der Waals surface area contributed by atoms with Crippen molar-refractivity contribution in [1.82, 2.24) is 24.9 Å². The highest BCUT2D eigenvalue weighted by Gasteiger charge is 2.21. The van der Waals surface area contributed by atoms with Crippen LogP contribution in [0.3, 0.4) is 0 Å². The molecule has 0 radical (unpaired) electrons. The number of fused-ring (bicyclic) bond motifs is 6. The molecule has 0 atom stereocenters. The molecule has 0 spiro atoms. The van der Waals surface area contributed by atoms with Crippen LogP contribution in [0, 0.1) is 5.82 Å². The SMILES string of the molecule is Fc1ccc(-c2nc(-c3ccccc3)c3sc4ccccc4c3n2)cc1-c1nc(-c2ccccc2)nc(-c2cccc3oc4ccccc4c23)n1. The van der Waals surface area contributed by atoms with Crippen molar-refractivity contribution in [1.29, 1.82) is 0 Å². The van der Waals surface area contributed by atoms with Gasteiger partial charge < -0.3 is 4.42 Å². The summed E-state index contributed by atoms with van der Waals surface area (Å²) in [6, 6.07) is 46.5. The molecular weight excluding hydrogens is 654 g/mol. The number of benzene rings is 6. The molecule has 8 heteroatoms. The van der Waals surface area contributed by atoms with Gasteiger partial charge in [0.1, 0.15) is 17.0 Å². The van der Waals surface area contributed by atoms with Crippen LogP contribution in [0.4, 0.5) is 4.39 Å². The van der Waals surface area contributed by atoms with Crippen LogP contribution in [0.5, 0.6) is 0 Å². The van der Waals surface area contributed by atoms with Gasteiger partial charge in [0, 0.05) is 43.1 Å². The van der Waals surface area contributed by atoms with Gasteiger partial charge in [0.15, 0.2) is 23.3 Å². The summed E-state index contributed by atoms with van der Waals surface area (Å²) in [4.78, 5) is 24.9. The van der Waals surface area contributed by atoms with Crippen LogP contribution in [0.2, 0.25) is 0 Å². The first-order chi connectivity index (χ1) is 25.2. The van der Waals surface area contributed by atoms with Crippen LogP contribution in [0.1, 0.15) is 0 Å². The third-order valence-electron chi connectivity index (χ3n) is 9.04. The Morgan fingerprint density at radius 1 is 0.471 bits per heavy atom. The van der Waals surface area contributed by atoms with E-state index in [1.165, 1.54) is 6.07 Å². The van der Waals surface area contributed by atoms with E-state index in [9.17, 15) is 0 Å². The molecule has 0 saturated heterocycles. The first-order valence-corrected chi connectivity index (χ1v) is 17.3. The molecule has 0 aliphatic heterocycles. The highest BCUT2D eigenvalue weighted by Crippen LogP contribution is 2.40. The fourth-order valence-electron chi connectivity index (χ4n) is 6.64. The number of nitrogens with zero attached hydrogens (tertiary/aromatic N) is 5. The van der Waals surface area contributed by atoms with Crippen LogP contribution in [0.25, 0.3) is 99.1 Å². The monoisotopic (exact) mass is 677 g/mol. The standard InChI is InChI=1S/C43H24FN5OS/c44-32-23-22-27(41-45-37(25-12-3-1-4-13-25)39-38(46-41)29-17-8-10-21-35(29)51-39)24-31(32)43-48-40(26-14-5-2-6-15-26)47-42(49-43)30-18-11-20-34-36(30)28-16-7-9-19-33(28)50-34/h1-24H. The topological polar surface area (TPSA) is 77.6 Å². The Bertz CT molecular complexity index is 2940. The van der Waals surface area contributed by atoms with E-state index in [1.807, 2.05) is 115 Å². The van der Waals surface area contributed by atoms with Gasteiger partial charge in [-0.15, -0.1) is 11.3 Å². The molecule has 240 valence electrons. The van der Waals surface area contributed by atoms with Crippen molar-refractivity contribution in [3.8, 4) is 56.8 Å². The van der Waals surface area contributed by atoms with Gasteiger partial charge in [-0.05, 0) is 36.4 Å². The van der Waals surface area contributed by atoms with E-state index >= 15 is 4.39 Å². The zero-order valence-electron chi connectivity index (χ0n) is 26.8. The van der Waals surface area contributed by atoms with Gasteiger partial charge in [-0.2, -0.15) is 0 Å². The molecule has 4 aromatic heterocycles. The van der Waals surface area contributed by atoms with Crippen molar-refractivity contribution in [2.24, 2.45) is 0 Å². The maximum atomic E-state index is 16.1. The first kappa shape index (κ1) is 29.3. The third-order valence-corrected chi connectivity index (χ3v) is 10.2.